The highest BCUT2D eigenvalue weighted by atomic mass is 28.3. The molecule has 1 rings (SSSR count). The summed E-state index contributed by atoms with van der Waals surface area (Å²) in [4.78, 5) is 11.9. The molecule has 0 spiro atoms. The van der Waals surface area contributed by atoms with Gasteiger partial charge in [-0.1, -0.05) is 37.5 Å². The second-order valence-corrected chi connectivity index (χ2v) is 10.9. The van der Waals surface area contributed by atoms with E-state index < -0.39 is 8.07 Å². The van der Waals surface area contributed by atoms with Gasteiger partial charge in [0.05, 0.1) is 15.2 Å². The van der Waals surface area contributed by atoms with Crippen molar-refractivity contribution in [1.82, 2.24) is 0 Å². The second-order valence-electron chi connectivity index (χ2n) is 5.81. The van der Waals surface area contributed by atoms with E-state index in [-0.39, 0.29) is 5.91 Å². The minimum absolute atomic E-state index is 0.129. The van der Waals surface area contributed by atoms with Gasteiger partial charge < -0.3 is 10.1 Å². The van der Waals surface area contributed by atoms with Crippen LogP contribution in [0.15, 0.2) is 47.7 Å². The van der Waals surface area contributed by atoms with E-state index in [0.717, 1.165) is 17.0 Å². The molecule has 1 aromatic rings. The molecule has 0 saturated heterocycles. The smallest absolute Gasteiger partial charge is 0.248 e. The first-order chi connectivity index (χ1) is 9.30. The maximum atomic E-state index is 11.9. The first kappa shape index (κ1) is 16.2. The zero-order valence-electron chi connectivity index (χ0n) is 12.9. The van der Waals surface area contributed by atoms with Crippen molar-refractivity contribution in [1.29, 1.82) is 0 Å². The van der Waals surface area contributed by atoms with Gasteiger partial charge in [0.25, 0.3) is 0 Å². The molecule has 0 atom stereocenters. The van der Waals surface area contributed by atoms with Gasteiger partial charge >= 0.3 is 0 Å². The van der Waals surface area contributed by atoms with E-state index in [4.69, 9.17) is 4.74 Å². The van der Waals surface area contributed by atoms with Crippen molar-refractivity contribution in [3.05, 3.63) is 47.7 Å². The highest BCUT2D eigenvalue weighted by molar-refractivity contribution is 6.81. The summed E-state index contributed by atoms with van der Waals surface area (Å²) in [5, 5.41) is 2.83. The third-order valence-electron chi connectivity index (χ3n) is 2.54. The number of methoxy groups -OCH3 is 1. The van der Waals surface area contributed by atoms with Gasteiger partial charge in [-0.25, -0.2) is 0 Å². The van der Waals surface area contributed by atoms with Gasteiger partial charge in [-0.15, -0.1) is 0 Å². The van der Waals surface area contributed by atoms with Gasteiger partial charge in [-0.2, -0.15) is 0 Å². The average Bonchev–Trinajstić information content (AvgIpc) is 2.35. The van der Waals surface area contributed by atoms with Crippen LogP contribution in [-0.4, -0.2) is 21.1 Å². The minimum atomic E-state index is -1.23. The molecule has 1 aromatic carbocycles. The van der Waals surface area contributed by atoms with Gasteiger partial charge in [0.15, 0.2) is 0 Å². The monoisotopic (exact) mass is 289 g/mol. The molecule has 0 fully saturated rings. The van der Waals surface area contributed by atoms with Crippen LogP contribution in [0.2, 0.25) is 19.6 Å². The lowest BCUT2D eigenvalue weighted by molar-refractivity contribution is -0.111. The molecular formula is C16H23NO2Si. The molecule has 0 bridgehead atoms. The zero-order valence-corrected chi connectivity index (χ0v) is 13.9. The molecule has 0 aromatic heterocycles. The molecule has 1 N–H and O–H groups in total. The van der Waals surface area contributed by atoms with Crippen molar-refractivity contribution in [3.8, 4) is 5.75 Å². The van der Waals surface area contributed by atoms with Crippen molar-refractivity contribution in [3.63, 3.8) is 0 Å². The summed E-state index contributed by atoms with van der Waals surface area (Å²) in [6.45, 7) is 8.70. The largest absolute Gasteiger partial charge is 0.497 e. The summed E-state index contributed by atoms with van der Waals surface area (Å²) < 4.78 is 5.12. The number of hydrogen-bond donors (Lipinski definition) is 1. The molecular weight excluding hydrogens is 266 g/mol. The number of benzene rings is 1. The minimum Gasteiger partial charge on any atom is -0.497 e. The molecule has 0 aliphatic carbocycles. The molecule has 1 amide bonds. The molecule has 20 heavy (non-hydrogen) atoms. The Morgan fingerprint density at radius 1 is 1.30 bits per heavy atom. The fraction of sp³-hybridized carbons (Fsp3) is 0.312. The van der Waals surface area contributed by atoms with Crippen LogP contribution in [0, 0.1) is 0 Å². The van der Waals surface area contributed by atoms with Crippen molar-refractivity contribution in [2.24, 2.45) is 0 Å². The fourth-order valence-electron chi connectivity index (χ4n) is 1.52. The summed E-state index contributed by atoms with van der Waals surface area (Å²) in [6.07, 6.45) is 3.63. The van der Waals surface area contributed by atoms with Crippen LogP contribution in [0.4, 0.5) is 5.69 Å². The van der Waals surface area contributed by atoms with Crippen molar-refractivity contribution in [2.45, 2.75) is 26.6 Å². The Labute approximate surface area is 122 Å². The highest BCUT2D eigenvalue weighted by Gasteiger charge is 2.06. The molecule has 3 nitrogen and oxygen atoms in total. The molecule has 4 heteroatoms. The van der Waals surface area contributed by atoms with Crippen LogP contribution < -0.4 is 10.1 Å². The molecule has 0 saturated carbocycles. The summed E-state index contributed by atoms with van der Waals surface area (Å²) in [7, 11) is 0.376. The number of amides is 1. The molecule has 0 aliphatic rings. The van der Waals surface area contributed by atoms with Crippen molar-refractivity contribution < 1.29 is 9.53 Å². The molecule has 0 heterocycles. The number of ether oxygens (including phenoxy) is 1. The van der Waals surface area contributed by atoms with Crippen molar-refractivity contribution >= 4 is 19.7 Å². The fourth-order valence-corrected chi connectivity index (χ4v) is 2.28. The molecule has 108 valence electrons. The Bertz CT molecular complexity index is 528. The highest BCUT2D eigenvalue weighted by Crippen LogP contribution is 2.16. The number of allylic oxidation sites excluding steroid dienone is 2. The van der Waals surface area contributed by atoms with E-state index >= 15 is 0 Å². The second kappa shape index (κ2) is 7.10. The van der Waals surface area contributed by atoms with Gasteiger partial charge in [0.1, 0.15) is 5.75 Å². The molecule has 0 radical (unpaired) electrons. The van der Waals surface area contributed by atoms with E-state index in [2.05, 4.69) is 30.7 Å². The normalized spacial score (nSPS) is 12.6. The lowest BCUT2D eigenvalue weighted by atomic mass is 10.2. The molecule has 0 aliphatic heterocycles. The Kier molecular flexibility index (Phi) is 5.76. The SMILES string of the molecule is COc1cccc(NC(=O)/C=C(C)\C=C\[Si](C)(C)C)c1. The average molecular weight is 289 g/mol. The number of carbonyl (C=O) groups is 1. The maximum Gasteiger partial charge on any atom is 0.248 e. The summed E-state index contributed by atoms with van der Waals surface area (Å²) in [5.74, 6) is 0.595. The van der Waals surface area contributed by atoms with Gasteiger partial charge in [-0.05, 0) is 24.6 Å². The first-order valence-corrected chi connectivity index (χ1v) is 10.2. The van der Waals surface area contributed by atoms with Crippen LogP contribution >= 0.6 is 0 Å². The predicted octanol–water partition coefficient (Wildman–Crippen LogP) is 4.01. The van der Waals surface area contributed by atoms with Crippen LogP contribution in [0.1, 0.15) is 6.92 Å². The van der Waals surface area contributed by atoms with Crippen LogP contribution in [-0.2, 0) is 4.79 Å². The van der Waals surface area contributed by atoms with Crippen LogP contribution in [0.25, 0.3) is 0 Å². The standard InChI is InChI=1S/C16H23NO2Si/c1-13(9-10-20(3,4)5)11-16(18)17-14-7-6-8-15(12-14)19-2/h6-12H,1-5H3,(H,17,18)/b10-9+,13-11-. The third kappa shape index (κ3) is 6.38. The van der Waals surface area contributed by atoms with Crippen LogP contribution in [0.3, 0.4) is 0 Å². The topological polar surface area (TPSA) is 38.3 Å². The predicted molar refractivity (Wildman–Crippen MR) is 87.9 cm³/mol. The third-order valence-corrected chi connectivity index (χ3v) is 3.71. The lowest BCUT2D eigenvalue weighted by Crippen LogP contribution is -2.15. The number of nitrogens with one attached hydrogen (secondary N) is 1. The zero-order chi connectivity index (χ0) is 15.2. The number of anilines is 1. The summed E-state index contributed by atoms with van der Waals surface area (Å²) in [6, 6.07) is 7.31. The van der Waals surface area contributed by atoms with E-state index in [1.807, 2.05) is 31.2 Å². The van der Waals surface area contributed by atoms with Crippen LogP contribution in [0.5, 0.6) is 5.75 Å². The van der Waals surface area contributed by atoms with E-state index in [0.29, 0.717) is 0 Å². The summed E-state index contributed by atoms with van der Waals surface area (Å²) in [5.41, 5.74) is 3.90. The van der Waals surface area contributed by atoms with Gasteiger partial charge in [0, 0.05) is 17.8 Å². The van der Waals surface area contributed by atoms with E-state index in [9.17, 15) is 4.79 Å². The number of carbonyl (C=O) groups excluding carboxylic acids is 1. The lowest BCUT2D eigenvalue weighted by Gasteiger charge is -2.08. The quantitative estimate of drug-likeness (QED) is 0.505. The number of hydrogen-bond acceptors (Lipinski definition) is 2. The van der Waals surface area contributed by atoms with E-state index in [1.54, 1.807) is 19.3 Å². The molecule has 0 unspecified atom stereocenters. The maximum absolute atomic E-state index is 11.9. The van der Waals surface area contributed by atoms with E-state index in [1.165, 1.54) is 0 Å². The Hall–Kier alpha value is -1.81. The summed E-state index contributed by atoms with van der Waals surface area (Å²) >= 11 is 0. The first-order valence-electron chi connectivity index (χ1n) is 6.63. The van der Waals surface area contributed by atoms with Gasteiger partial charge in [0.2, 0.25) is 5.91 Å². The van der Waals surface area contributed by atoms with Gasteiger partial charge in [-0.3, -0.25) is 4.79 Å². The number of rotatable bonds is 5. The van der Waals surface area contributed by atoms with Crippen molar-refractivity contribution in [2.75, 3.05) is 12.4 Å². The Morgan fingerprint density at radius 2 is 2.00 bits per heavy atom. The Morgan fingerprint density at radius 3 is 2.60 bits per heavy atom. The Balaban J connectivity index is 2.69.